The third-order valence-corrected chi connectivity index (χ3v) is 18.0. The monoisotopic (exact) mass is 1480 g/mol. The van der Waals surface area contributed by atoms with Gasteiger partial charge in [0, 0.05) is 125 Å². The van der Waals surface area contributed by atoms with Gasteiger partial charge in [0.15, 0.2) is 0 Å². The Labute approximate surface area is 640 Å². The Kier molecular flexibility index (Phi) is 27.6. The molecule has 0 bridgehead atoms. The SMILES string of the molecule is NOC(=O)/C=C/c1ccc2c(c1)CCN2Cc1ccccc1.NOC(=O)/C=C/c1ccc2c(ccn2C(=O)c2ccccc2)c1.NOC(=O)/C=C/c1ccc2c(ccn2Cc2ccccc2)c1.NOC(=O)/C=C/c1cccc2c(Cc3ccccc3)c[nH]c12.NOC(=O)/C=C/c1cccc2c1ccn2Cc1ccccc1. The second-order valence-corrected chi connectivity index (χ2v) is 25.3. The average Bonchev–Trinajstić information content (AvgIpc) is 1.63. The first-order valence-electron chi connectivity index (χ1n) is 35.2. The number of nitrogens with zero attached hydrogens (tertiary/aromatic N) is 4. The summed E-state index contributed by atoms with van der Waals surface area (Å²) in [4.78, 5) is 94.1. The number of H-pyrrole nitrogens is 1. The third-order valence-electron chi connectivity index (χ3n) is 18.0. The van der Waals surface area contributed by atoms with E-state index in [9.17, 15) is 28.8 Å². The van der Waals surface area contributed by atoms with E-state index in [0.717, 1.165) is 110 Å². The number of anilines is 1. The van der Waals surface area contributed by atoms with Crippen LogP contribution in [-0.4, -0.2) is 61.0 Å². The molecule has 5 heterocycles. The number of carbonyl (C=O) groups is 6. The van der Waals surface area contributed by atoms with Crippen molar-refractivity contribution < 1.29 is 53.0 Å². The topological polar surface area (TPSA) is 312 Å². The van der Waals surface area contributed by atoms with Crippen LogP contribution < -0.4 is 34.4 Å². The minimum absolute atomic E-state index is 0.0874. The summed E-state index contributed by atoms with van der Waals surface area (Å²) in [5, 5.41) is 4.25. The zero-order chi connectivity index (χ0) is 77.7. The number of rotatable bonds is 19. The maximum atomic E-state index is 12.5. The maximum Gasteiger partial charge on any atom is 0.349 e. The highest BCUT2D eigenvalue weighted by Gasteiger charge is 2.20. The van der Waals surface area contributed by atoms with Crippen molar-refractivity contribution in [1.82, 2.24) is 18.7 Å². The van der Waals surface area contributed by atoms with Gasteiger partial charge >= 0.3 is 29.8 Å². The molecule has 14 aromatic rings. The highest BCUT2D eigenvalue weighted by atomic mass is 16.7. The summed E-state index contributed by atoms with van der Waals surface area (Å²) in [5.41, 5.74) is 18.1. The summed E-state index contributed by atoms with van der Waals surface area (Å²) in [6.45, 7) is 3.58. The second kappa shape index (κ2) is 39.3. The Hall–Kier alpha value is -14.3. The molecule has 111 heavy (non-hydrogen) atoms. The van der Waals surface area contributed by atoms with E-state index in [-0.39, 0.29) is 5.91 Å². The zero-order valence-electron chi connectivity index (χ0n) is 60.3. The van der Waals surface area contributed by atoms with Crippen molar-refractivity contribution in [1.29, 1.82) is 0 Å². The van der Waals surface area contributed by atoms with Gasteiger partial charge in [0.1, 0.15) is 0 Å². The summed E-state index contributed by atoms with van der Waals surface area (Å²) in [6.07, 6.45) is 24.7. The first kappa shape index (κ1) is 77.8. The van der Waals surface area contributed by atoms with Gasteiger partial charge in [-0.05, 0) is 177 Å². The largest absolute Gasteiger partial charge is 0.370 e. The van der Waals surface area contributed by atoms with Crippen LogP contribution in [0.5, 0.6) is 0 Å². The molecule has 556 valence electrons. The van der Waals surface area contributed by atoms with Crippen LogP contribution in [0.25, 0.3) is 74.0 Å². The van der Waals surface area contributed by atoms with E-state index < -0.39 is 29.8 Å². The molecule has 1 aliphatic heterocycles. The summed E-state index contributed by atoms with van der Waals surface area (Å²) in [5.74, 6) is 21.1. The molecule has 0 saturated heterocycles. The van der Waals surface area contributed by atoms with Crippen molar-refractivity contribution in [3.05, 3.63) is 383 Å². The van der Waals surface area contributed by atoms with Crippen LogP contribution in [-0.2, 0) is 80.6 Å². The third kappa shape index (κ3) is 21.7. The fourth-order valence-electron chi connectivity index (χ4n) is 12.6. The molecule has 0 amide bonds. The number of carbonyl (C=O) groups excluding carboxylic acids is 6. The maximum absolute atomic E-state index is 12.5. The Morgan fingerprint density at radius 1 is 0.378 bits per heavy atom. The van der Waals surface area contributed by atoms with Gasteiger partial charge in [0.25, 0.3) is 5.91 Å². The van der Waals surface area contributed by atoms with Crippen LogP contribution >= 0.6 is 0 Å². The van der Waals surface area contributed by atoms with E-state index >= 15 is 0 Å². The van der Waals surface area contributed by atoms with Gasteiger partial charge in [-0.2, -0.15) is 29.5 Å². The predicted octanol–water partition coefficient (Wildman–Crippen LogP) is 14.9. The number of benzene rings is 10. The van der Waals surface area contributed by atoms with E-state index in [1.165, 1.54) is 69.4 Å². The molecule has 15 rings (SSSR count). The summed E-state index contributed by atoms with van der Waals surface area (Å²) < 4.78 is 5.99. The van der Waals surface area contributed by atoms with E-state index in [0.29, 0.717) is 5.56 Å². The van der Waals surface area contributed by atoms with Crippen LogP contribution in [0.1, 0.15) is 71.6 Å². The van der Waals surface area contributed by atoms with Gasteiger partial charge < -0.3 is 43.2 Å². The van der Waals surface area contributed by atoms with Crippen molar-refractivity contribution in [2.45, 2.75) is 32.5 Å². The smallest absolute Gasteiger partial charge is 0.349 e. The zero-order valence-corrected chi connectivity index (χ0v) is 60.3. The van der Waals surface area contributed by atoms with E-state index in [1.54, 1.807) is 53.3 Å². The van der Waals surface area contributed by atoms with E-state index in [4.69, 9.17) is 29.5 Å². The molecule has 21 heteroatoms. The Morgan fingerprint density at radius 2 is 0.820 bits per heavy atom. The Bertz CT molecular complexity index is 5530. The highest BCUT2D eigenvalue weighted by Crippen LogP contribution is 2.32. The first-order chi connectivity index (χ1) is 54.3. The lowest BCUT2D eigenvalue weighted by Crippen LogP contribution is -2.19. The average molecular weight is 1480 g/mol. The molecule has 0 fully saturated rings. The normalized spacial score (nSPS) is 11.6. The highest BCUT2D eigenvalue weighted by molar-refractivity contribution is 6.03. The molecule has 0 saturated carbocycles. The number of aromatic amines is 1. The lowest BCUT2D eigenvalue weighted by molar-refractivity contribution is -0.139. The molecule has 4 aromatic heterocycles. The molecule has 1 aliphatic rings. The van der Waals surface area contributed by atoms with Crippen molar-refractivity contribution in [3.63, 3.8) is 0 Å². The number of nitrogens with two attached hydrogens (primary N) is 5. The summed E-state index contributed by atoms with van der Waals surface area (Å²) in [7, 11) is 0. The second-order valence-electron chi connectivity index (χ2n) is 25.3. The molecular weight excluding hydrogens is 1400 g/mol. The van der Waals surface area contributed by atoms with E-state index in [1.807, 2.05) is 164 Å². The standard InChI is InChI=1S/C18H14N2O3.2C18H16N2O2.C18H18N2O2.C18H16N2O2/c19-23-17(21)9-7-13-6-8-16-15(12-13)10-11-20(16)18(22)14-4-2-1-3-5-14;19-22-17(21)10-9-14-7-4-8-16-15(12-20-18(14)16)11-13-5-2-1-3-6-13;19-22-18(21)10-9-15-7-4-8-17-16(15)11-12-20(17)13-14-5-2-1-3-6-14;2*19-22-18(21)9-7-14-6-8-17-16(12-14)10-11-20(17)13-15-4-2-1-3-5-15/h1-12H,19H2;1-10,12,20H,11,19H2;1-12H,13,19H2;1-9,12H,10-11,13,19H2;1-12H,13,19H2/b9-7+;2*10-9+;2*9-7+. The van der Waals surface area contributed by atoms with E-state index in [2.05, 4.69) is 147 Å². The van der Waals surface area contributed by atoms with Gasteiger partial charge in [0.05, 0.1) is 11.0 Å². The Morgan fingerprint density at radius 3 is 1.38 bits per heavy atom. The van der Waals surface area contributed by atoms with Gasteiger partial charge in [-0.1, -0.05) is 188 Å². The molecule has 0 unspecified atom stereocenters. The molecule has 0 spiro atoms. The fraction of sp³-hybridized carbons (Fsp3) is 0.0667. The number of fused-ring (bicyclic) bond motifs is 5. The summed E-state index contributed by atoms with van der Waals surface area (Å²) in [6, 6.07) is 86.2. The molecule has 10 aromatic carbocycles. The van der Waals surface area contributed by atoms with Crippen LogP contribution in [0.2, 0.25) is 0 Å². The lowest BCUT2D eigenvalue weighted by Gasteiger charge is -2.19. The molecule has 0 atom stereocenters. The fourth-order valence-corrected chi connectivity index (χ4v) is 12.6. The minimum atomic E-state index is -0.623. The van der Waals surface area contributed by atoms with Crippen LogP contribution in [0.15, 0.2) is 316 Å². The van der Waals surface area contributed by atoms with Gasteiger partial charge in [0.2, 0.25) is 0 Å². The van der Waals surface area contributed by atoms with Crippen LogP contribution in [0, 0.1) is 0 Å². The van der Waals surface area contributed by atoms with Crippen molar-refractivity contribution >= 4 is 115 Å². The molecule has 0 aliphatic carbocycles. The Balaban J connectivity index is 0.000000137. The number of aromatic nitrogens is 4. The number of hydrogen-bond donors (Lipinski definition) is 6. The van der Waals surface area contributed by atoms with Crippen molar-refractivity contribution in [3.8, 4) is 0 Å². The van der Waals surface area contributed by atoms with Crippen LogP contribution in [0.3, 0.4) is 0 Å². The molecule has 11 N–H and O–H groups in total. The predicted molar refractivity (Wildman–Crippen MR) is 435 cm³/mol. The first-order valence-corrected chi connectivity index (χ1v) is 35.2. The van der Waals surface area contributed by atoms with Crippen molar-refractivity contribution in [2.75, 3.05) is 11.4 Å². The number of hydrogen-bond acceptors (Lipinski definition) is 17. The molecular formula is C90H80N10O11. The summed E-state index contributed by atoms with van der Waals surface area (Å²) >= 11 is 0. The molecule has 21 nitrogen and oxygen atoms in total. The van der Waals surface area contributed by atoms with Crippen molar-refractivity contribution in [2.24, 2.45) is 29.5 Å². The van der Waals surface area contributed by atoms with Gasteiger partial charge in [-0.15, -0.1) is 0 Å². The lowest BCUT2D eigenvalue weighted by atomic mass is 10.0. The molecule has 0 radical (unpaired) electrons. The number of nitrogens with one attached hydrogen (secondary N) is 1. The quantitative estimate of drug-likeness (QED) is 0.0324. The van der Waals surface area contributed by atoms with Crippen LogP contribution in [0.4, 0.5) is 5.69 Å². The van der Waals surface area contributed by atoms with Gasteiger partial charge in [-0.3, -0.25) is 9.36 Å². The van der Waals surface area contributed by atoms with Gasteiger partial charge in [-0.25, -0.2) is 24.0 Å². The minimum Gasteiger partial charge on any atom is -0.370 e. The number of para-hydroxylation sites is 1.